The molecule has 0 saturated heterocycles. The number of amides is 1. The van der Waals surface area contributed by atoms with Gasteiger partial charge in [0.15, 0.2) is 0 Å². The lowest BCUT2D eigenvalue weighted by molar-refractivity contribution is 0.0945. The zero-order valence-electron chi connectivity index (χ0n) is 16.7. The average Bonchev–Trinajstić information content (AvgIpc) is 3.06. The highest BCUT2D eigenvalue weighted by atomic mass is 32.1. The quantitative estimate of drug-likeness (QED) is 0.638. The normalized spacial score (nSPS) is 10.6. The number of benzene rings is 1. The predicted octanol–water partition coefficient (Wildman–Crippen LogP) is 2.43. The van der Waals surface area contributed by atoms with Crippen molar-refractivity contribution in [1.82, 2.24) is 20.1 Å². The van der Waals surface area contributed by atoms with E-state index in [0.717, 1.165) is 15.6 Å². The van der Waals surface area contributed by atoms with Crippen molar-refractivity contribution in [2.45, 2.75) is 20.4 Å². The fraction of sp³-hybridized carbons (Fsp3) is 0.300. The van der Waals surface area contributed by atoms with E-state index in [9.17, 15) is 9.59 Å². The Hall–Kier alpha value is -3.20. The number of thiazole rings is 1. The van der Waals surface area contributed by atoms with Crippen LogP contribution in [0.15, 0.2) is 35.1 Å². The van der Waals surface area contributed by atoms with Crippen molar-refractivity contribution in [3.8, 4) is 22.1 Å². The van der Waals surface area contributed by atoms with E-state index in [4.69, 9.17) is 9.47 Å². The van der Waals surface area contributed by atoms with Crippen molar-refractivity contribution >= 4 is 17.2 Å². The second kappa shape index (κ2) is 8.87. The minimum Gasteiger partial charge on any atom is -0.496 e. The number of carbonyl (C=O) groups excluding carboxylic acids is 1. The number of methoxy groups -OCH3 is 2. The third-order valence-electron chi connectivity index (χ3n) is 4.27. The van der Waals surface area contributed by atoms with E-state index in [-0.39, 0.29) is 24.6 Å². The second-order valence-corrected chi connectivity index (χ2v) is 7.42. The summed E-state index contributed by atoms with van der Waals surface area (Å²) in [4.78, 5) is 30.1. The fourth-order valence-electron chi connectivity index (χ4n) is 2.94. The summed E-state index contributed by atoms with van der Waals surface area (Å²) in [5.41, 5.74) is 1.63. The van der Waals surface area contributed by atoms with Gasteiger partial charge in [0, 0.05) is 12.6 Å². The van der Waals surface area contributed by atoms with Gasteiger partial charge in [-0.05, 0) is 32.0 Å². The van der Waals surface area contributed by atoms with Gasteiger partial charge in [0.25, 0.3) is 11.5 Å². The van der Waals surface area contributed by atoms with Crippen LogP contribution < -0.4 is 20.3 Å². The van der Waals surface area contributed by atoms with Crippen molar-refractivity contribution in [2.75, 3.05) is 20.8 Å². The molecule has 0 saturated carbocycles. The molecule has 0 spiro atoms. The Morgan fingerprint density at radius 1 is 1.14 bits per heavy atom. The first kappa shape index (κ1) is 20.5. The van der Waals surface area contributed by atoms with Gasteiger partial charge in [-0.1, -0.05) is 6.07 Å². The molecule has 0 bridgehead atoms. The summed E-state index contributed by atoms with van der Waals surface area (Å²) in [5.74, 6) is 0.475. The lowest BCUT2D eigenvalue weighted by Crippen LogP contribution is -2.32. The molecule has 3 aromatic rings. The van der Waals surface area contributed by atoms with Crippen LogP contribution in [0.2, 0.25) is 0 Å². The van der Waals surface area contributed by atoms with Crippen LogP contribution in [0.4, 0.5) is 0 Å². The number of nitrogens with zero attached hydrogens (tertiary/aromatic N) is 3. The van der Waals surface area contributed by atoms with E-state index in [1.807, 2.05) is 13.8 Å². The SMILES string of the molecule is COc1cccc(OC)c1C(=O)NCCn1nc(-c2sc(C)nc2C)ccc1=O. The van der Waals surface area contributed by atoms with Crippen molar-refractivity contribution in [3.05, 3.63) is 57.0 Å². The van der Waals surface area contributed by atoms with Gasteiger partial charge in [-0.2, -0.15) is 5.10 Å². The van der Waals surface area contributed by atoms with Gasteiger partial charge in [-0.25, -0.2) is 9.67 Å². The first-order valence-corrected chi connectivity index (χ1v) is 9.78. The molecule has 0 unspecified atom stereocenters. The fourth-order valence-corrected chi connectivity index (χ4v) is 3.82. The molecule has 9 heteroatoms. The van der Waals surface area contributed by atoms with Crippen molar-refractivity contribution in [3.63, 3.8) is 0 Å². The summed E-state index contributed by atoms with van der Waals surface area (Å²) in [6, 6.07) is 8.28. The van der Waals surface area contributed by atoms with E-state index in [2.05, 4.69) is 15.4 Å². The molecule has 1 N–H and O–H groups in total. The van der Waals surface area contributed by atoms with Crippen molar-refractivity contribution < 1.29 is 14.3 Å². The molecular weight excluding hydrogens is 392 g/mol. The first-order valence-electron chi connectivity index (χ1n) is 8.96. The standard InChI is InChI=1S/C20H22N4O4S/c1-12-19(29-13(2)22-12)14-8-9-17(25)24(23-14)11-10-21-20(26)18-15(27-3)6-5-7-16(18)28-4/h5-9H,10-11H2,1-4H3,(H,21,26). The zero-order chi connectivity index (χ0) is 21.0. The third kappa shape index (κ3) is 4.45. The largest absolute Gasteiger partial charge is 0.496 e. The van der Waals surface area contributed by atoms with Crippen LogP contribution in [0.5, 0.6) is 11.5 Å². The van der Waals surface area contributed by atoms with Crippen LogP contribution in [0, 0.1) is 13.8 Å². The van der Waals surface area contributed by atoms with Crippen LogP contribution in [0.1, 0.15) is 21.1 Å². The number of hydrogen-bond acceptors (Lipinski definition) is 7. The summed E-state index contributed by atoms with van der Waals surface area (Å²) >= 11 is 1.53. The van der Waals surface area contributed by atoms with Crippen LogP contribution in [0.25, 0.3) is 10.6 Å². The Balaban J connectivity index is 1.74. The summed E-state index contributed by atoms with van der Waals surface area (Å²) in [6.45, 7) is 4.29. The molecule has 8 nitrogen and oxygen atoms in total. The maximum absolute atomic E-state index is 12.6. The van der Waals surface area contributed by atoms with Gasteiger partial charge >= 0.3 is 0 Å². The van der Waals surface area contributed by atoms with Gasteiger partial charge in [-0.15, -0.1) is 11.3 Å². The third-order valence-corrected chi connectivity index (χ3v) is 5.36. The highest BCUT2D eigenvalue weighted by Crippen LogP contribution is 2.28. The summed E-state index contributed by atoms with van der Waals surface area (Å²) < 4.78 is 11.9. The Kier molecular flexibility index (Phi) is 6.28. The van der Waals surface area contributed by atoms with E-state index < -0.39 is 0 Å². The van der Waals surface area contributed by atoms with E-state index in [0.29, 0.717) is 22.8 Å². The van der Waals surface area contributed by atoms with Crippen LogP contribution >= 0.6 is 11.3 Å². The van der Waals surface area contributed by atoms with Crippen LogP contribution in [-0.2, 0) is 6.54 Å². The number of aryl methyl sites for hydroxylation is 2. The number of carbonyl (C=O) groups is 1. The molecule has 1 amide bonds. The molecule has 3 rings (SSSR count). The van der Waals surface area contributed by atoms with Crippen LogP contribution in [-0.4, -0.2) is 41.4 Å². The maximum atomic E-state index is 12.6. The van der Waals surface area contributed by atoms with Gasteiger partial charge in [0.05, 0.1) is 36.3 Å². The molecule has 0 atom stereocenters. The Morgan fingerprint density at radius 3 is 2.41 bits per heavy atom. The van der Waals surface area contributed by atoms with E-state index in [1.165, 1.54) is 36.3 Å². The number of hydrogen-bond donors (Lipinski definition) is 1. The van der Waals surface area contributed by atoms with E-state index >= 15 is 0 Å². The minimum absolute atomic E-state index is 0.219. The Labute approximate surface area is 172 Å². The molecule has 0 aliphatic rings. The molecule has 29 heavy (non-hydrogen) atoms. The van der Waals surface area contributed by atoms with Gasteiger partial charge < -0.3 is 14.8 Å². The number of aromatic nitrogens is 3. The van der Waals surface area contributed by atoms with Gasteiger partial charge in [0.2, 0.25) is 0 Å². The monoisotopic (exact) mass is 414 g/mol. The summed E-state index contributed by atoms with van der Waals surface area (Å²) in [7, 11) is 2.98. The molecule has 0 fully saturated rings. The molecule has 0 aliphatic carbocycles. The molecule has 152 valence electrons. The second-order valence-electron chi connectivity index (χ2n) is 6.22. The number of ether oxygens (including phenoxy) is 2. The van der Waals surface area contributed by atoms with Crippen LogP contribution in [0.3, 0.4) is 0 Å². The number of nitrogens with one attached hydrogen (secondary N) is 1. The smallest absolute Gasteiger partial charge is 0.266 e. The summed E-state index contributed by atoms with van der Waals surface area (Å²) in [5, 5.41) is 8.16. The Bertz CT molecular complexity index is 1070. The lowest BCUT2D eigenvalue weighted by Gasteiger charge is -2.13. The lowest BCUT2D eigenvalue weighted by atomic mass is 10.1. The Morgan fingerprint density at radius 2 is 1.83 bits per heavy atom. The van der Waals surface area contributed by atoms with E-state index in [1.54, 1.807) is 24.3 Å². The van der Waals surface area contributed by atoms with Gasteiger partial charge in [0.1, 0.15) is 22.8 Å². The minimum atomic E-state index is -0.350. The highest BCUT2D eigenvalue weighted by Gasteiger charge is 2.18. The topological polar surface area (TPSA) is 95.3 Å². The average molecular weight is 414 g/mol. The molecule has 0 radical (unpaired) electrons. The predicted molar refractivity (Wildman–Crippen MR) is 111 cm³/mol. The summed E-state index contributed by atoms with van der Waals surface area (Å²) in [6.07, 6.45) is 0. The molecular formula is C20H22N4O4S. The van der Waals surface area contributed by atoms with Crippen molar-refractivity contribution in [1.29, 1.82) is 0 Å². The molecule has 2 heterocycles. The number of rotatable bonds is 7. The molecule has 0 aliphatic heterocycles. The maximum Gasteiger partial charge on any atom is 0.266 e. The zero-order valence-corrected chi connectivity index (χ0v) is 17.5. The first-order chi connectivity index (χ1) is 13.9. The van der Waals surface area contributed by atoms with Gasteiger partial charge in [-0.3, -0.25) is 9.59 Å². The highest BCUT2D eigenvalue weighted by molar-refractivity contribution is 7.15. The van der Waals surface area contributed by atoms with Crippen molar-refractivity contribution in [2.24, 2.45) is 0 Å². The molecule has 2 aromatic heterocycles. The molecule has 1 aromatic carbocycles.